The van der Waals surface area contributed by atoms with Gasteiger partial charge in [0, 0.05) is 10.4 Å². The van der Waals surface area contributed by atoms with Gasteiger partial charge < -0.3 is 5.32 Å². The number of benzene rings is 2. The molecular formula is C18H15ClN2. The average Bonchev–Trinajstić information content (AvgIpc) is 2.91. The van der Waals surface area contributed by atoms with Gasteiger partial charge in [-0.3, -0.25) is 0 Å². The Bertz CT molecular complexity index is 813. The van der Waals surface area contributed by atoms with Gasteiger partial charge in [0.2, 0.25) is 0 Å². The van der Waals surface area contributed by atoms with Crippen molar-refractivity contribution >= 4 is 28.3 Å². The number of nitrogens with zero attached hydrogens (tertiary/aromatic N) is 1. The first-order valence-electron chi connectivity index (χ1n) is 7.20. The van der Waals surface area contributed by atoms with E-state index >= 15 is 0 Å². The Morgan fingerprint density at radius 1 is 1.05 bits per heavy atom. The Morgan fingerprint density at radius 3 is 2.90 bits per heavy atom. The van der Waals surface area contributed by atoms with E-state index in [1.807, 2.05) is 24.3 Å². The summed E-state index contributed by atoms with van der Waals surface area (Å²) in [4.78, 5) is 4.68. The molecule has 3 heteroatoms. The molecular weight excluding hydrogens is 280 g/mol. The summed E-state index contributed by atoms with van der Waals surface area (Å²) >= 11 is 6.01. The van der Waals surface area contributed by atoms with Crippen LogP contribution in [-0.2, 0) is 6.42 Å². The van der Waals surface area contributed by atoms with Gasteiger partial charge in [0.1, 0.15) is 5.82 Å². The van der Waals surface area contributed by atoms with E-state index in [4.69, 9.17) is 11.6 Å². The van der Waals surface area contributed by atoms with Crippen LogP contribution in [-0.4, -0.2) is 4.98 Å². The first kappa shape index (κ1) is 12.7. The van der Waals surface area contributed by atoms with Crippen LogP contribution in [0.5, 0.6) is 0 Å². The Kier molecular flexibility index (Phi) is 3.04. The van der Waals surface area contributed by atoms with Gasteiger partial charge in [0.15, 0.2) is 0 Å². The van der Waals surface area contributed by atoms with Crippen LogP contribution in [0.25, 0.3) is 10.9 Å². The molecule has 1 aliphatic carbocycles. The van der Waals surface area contributed by atoms with E-state index in [-0.39, 0.29) is 0 Å². The second-order valence-electron chi connectivity index (χ2n) is 5.47. The van der Waals surface area contributed by atoms with Gasteiger partial charge >= 0.3 is 0 Å². The lowest BCUT2D eigenvalue weighted by Crippen LogP contribution is -2.08. The molecule has 104 valence electrons. The fraction of sp³-hybridized carbons (Fsp3) is 0.167. The second-order valence-corrected chi connectivity index (χ2v) is 5.90. The Balaban J connectivity index is 1.65. The molecule has 21 heavy (non-hydrogen) atoms. The average molecular weight is 295 g/mol. The van der Waals surface area contributed by atoms with E-state index in [0.29, 0.717) is 6.04 Å². The van der Waals surface area contributed by atoms with Crippen LogP contribution in [0.15, 0.2) is 54.6 Å². The molecule has 1 aliphatic rings. The summed E-state index contributed by atoms with van der Waals surface area (Å²) < 4.78 is 0. The van der Waals surface area contributed by atoms with Crippen molar-refractivity contribution in [3.63, 3.8) is 0 Å². The van der Waals surface area contributed by atoms with E-state index in [9.17, 15) is 0 Å². The van der Waals surface area contributed by atoms with Crippen LogP contribution in [0.4, 0.5) is 5.82 Å². The van der Waals surface area contributed by atoms with Crippen LogP contribution in [0.1, 0.15) is 23.6 Å². The standard InChI is InChI=1S/C18H15ClN2/c19-14-7-9-16-13(11-14)6-10-18(20-16)21-17-8-5-12-3-1-2-4-15(12)17/h1-4,6-7,9-11,17H,5,8H2,(H,20,21). The fourth-order valence-corrected chi connectivity index (χ4v) is 3.24. The van der Waals surface area contributed by atoms with Crippen LogP contribution in [0.2, 0.25) is 5.02 Å². The zero-order valence-electron chi connectivity index (χ0n) is 11.5. The summed E-state index contributed by atoms with van der Waals surface area (Å²) in [5.41, 5.74) is 3.81. The first-order chi connectivity index (χ1) is 10.3. The summed E-state index contributed by atoms with van der Waals surface area (Å²) in [7, 11) is 0. The number of hydrogen-bond donors (Lipinski definition) is 1. The van der Waals surface area contributed by atoms with Crippen LogP contribution in [0, 0.1) is 0 Å². The molecule has 0 aliphatic heterocycles. The lowest BCUT2D eigenvalue weighted by atomic mass is 10.1. The predicted octanol–water partition coefficient (Wildman–Crippen LogP) is 4.99. The summed E-state index contributed by atoms with van der Waals surface area (Å²) in [5, 5.41) is 5.37. The summed E-state index contributed by atoms with van der Waals surface area (Å²) in [6, 6.07) is 18.9. The normalized spacial score (nSPS) is 16.9. The lowest BCUT2D eigenvalue weighted by molar-refractivity contribution is 0.758. The first-order valence-corrected chi connectivity index (χ1v) is 7.58. The Morgan fingerprint density at radius 2 is 1.95 bits per heavy atom. The minimum atomic E-state index is 0.360. The van der Waals surface area contributed by atoms with Crippen molar-refractivity contribution in [1.29, 1.82) is 0 Å². The highest BCUT2D eigenvalue weighted by atomic mass is 35.5. The maximum absolute atomic E-state index is 6.01. The molecule has 1 N–H and O–H groups in total. The van der Waals surface area contributed by atoms with Crippen molar-refractivity contribution in [1.82, 2.24) is 4.98 Å². The third-order valence-electron chi connectivity index (χ3n) is 4.11. The third kappa shape index (κ3) is 2.36. The minimum Gasteiger partial charge on any atom is -0.363 e. The number of hydrogen-bond acceptors (Lipinski definition) is 2. The van der Waals surface area contributed by atoms with Crippen LogP contribution in [0.3, 0.4) is 0 Å². The smallest absolute Gasteiger partial charge is 0.127 e. The molecule has 0 fully saturated rings. The summed E-state index contributed by atoms with van der Waals surface area (Å²) in [6.07, 6.45) is 2.26. The van der Waals surface area contributed by atoms with Gasteiger partial charge in [0.05, 0.1) is 11.6 Å². The maximum Gasteiger partial charge on any atom is 0.127 e. The monoisotopic (exact) mass is 294 g/mol. The van der Waals surface area contributed by atoms with E-state index in [0.717, 1.165) is 34.6 Å². The molecule has 1 aromatic heterocycles. The molecule has 0 bridgehead atoms. The summed E-state index contributed by atoms with van der Waals surface area (Å²) in [6.45, 7) is 0. The van der Waals surface area contributed by atoms with Crippen LogP contribution < -0.4 is 5.32 Å². The van der Waals surface area contributed by atoms with Gasteiger partial charge in [0.25, 0.3) is 0 Å². The van der Waals surface area contributed by atoms with Crippen molar-refractivity contribution in [2.75, 3.05) is 5.32 Å². The molecule has 0 saturated heterocycles. The number of anilines is 1. The topological polar surface area (TPSA) is 24.9 Å². The van der Waals surface area contributed by atoms with E-state index in [1.54, 1.807) is 0 Å². The highest BCUT2D eigenvalue weighted by Crippen LogP contribution is 2.33. The quantitative estimate of drug-likeness (QED) is 0.720. The minimum absolute atomic E-state index is 0.360. The highest BCUT2D eigenvalue weighted by molar-refractivity contribution is 6.31. The van der Waals surface area contributed by atoms with E-state index in [2.05, 4.69) is 40.6 Å². The number of fused-ring (bicyclic) bond motifs is 2. The Labute approximate surface area is 128 Å². The molecule has 0 spiro atoms. The number of halogens is 1. The van der Waals surface area contributed by atoms with Gasteiger partial charge in [-0.25, -0.2) is 4.98 Å². The van der Waals surface area contributed by atoms with Crippen molar-refractivity contribution in [3.8, 4) is 0 Å². The molecule has 1 atom stereocenters. The van der Waals surface area contributed by atoms with Gasteiger partial charge in [-0.15, -0.1) is 0 Å². The number of aromatic nitrogens is 1. The maximum atomic E-state index is 6.01. The summed E-state index contributed by atoms with van der Waals surface area (Å²) in [5.74, 6) is 0.923. The SMILES string of the molecule is Clc1ccc2nc(NC3CCc4ccccc43)ccc2c1. The zero-order chi connectivity index (χ0) is 14.2. The van der Waals surface area contributed by atoms with Crippen molar-refractivity contribution in [2.24, 2.45) is 0 Å². The molecule has 1 unspecified atom stereocenters. The number of pyridine rings is 1. The largest absolute Gasteiger partial charge is 0.363 e. The van der Waals surface area contributed by atoms with Crippen molar-refractivity contribution in [2.45, 2.75) is 18.9 Å². The molecule has 1 heterocycles. The zero-order valence-corrected chi connectivity index (χ0v) is 12.3. The molecule has 0 radical (unpaired) electrons. The van der Waals surface area contributed by atoms with Crippen molar-refractivity contribution in [3.05, 3.63) is 70.7 Å². The second kappa shape index (κ2) is 5.05. The van der Waals surface area contributed by atoms with Gasteiger partial charge in [-0.2, -0.15) is 0 Å². The number of rotatable bonds is 2. The molecule has 4 rings (SSSR count). The van der Waals surface area contributed by atoms with E-state index in [1.165, 1.54) is 11.1 Å². The molecule has 2 aromatic carbocycles. The molecule has 0 saturated carbocycles. The molecule has 2 nitrogen and oxygen atoms in total. The fourth-order valence-electron chi connectivity index (χ4n) is 3.06. The highest BCUT2D eigenvalue weighted by Gasteiger charge is 2.21. The van der Waals surface area contributed by atoms with Gasteiger partial charge in [-0.05, 0) is 54.3 Å². The lowest BCUT2D eigenvalue weighted by Gasteiger charge is -2.15. The molecule has 0 amide bonds. The van der Waals surface area contributed by atoms with Crippen molar-refractivity contribution < 1.29 is 0 Å². The van der Waals surface area contributed by atoms with Crippen LogP contribution >= 0.6 is 11.6 Å². The predicted molar refractivity (Wildman–Crippen MR) is 87.9 cm³/mol. The third-order valence-corrected chi connectivity index (χ3v) is 4.34. The Hall–Kier alpha value is -2.06. The van der Waals surface area contributed by atoms with Gasteiger partial charge in [-0.1, -0.05) is 35.9 Å². The number of nitrogens with one attached hydrogen (secondary N) is 1. The number of aryl methyl sites for hydroxylation is 1. The van der Waals surface area contributed by atoms with E-state index < -0.39 is 0 Å². The molecule has 3 aromatic rings.